The van der Waals surface area contributed by atoms with Crippen molar-refractivity contribution in [2.45, 2.75) is 20.4 Å². The molecule has 0 aliphatic heterocycles. The molecular weight excluding hydrogens is 398 g/mol. The number of aromatic nitrogens is 1. The van der Waals surface area contributed by atoms with E-state index in [1.54, 1.807) is 0 Å². The number of anilines is 1. The zero-order valence-electron chi connectivity index (χ0n) is 14.3. The van der Waals surface area contributed by atoms with Crippen LogP contribution in [0.5, 0.6) is 0 Å². The molecule has 11 heteroatoms. The maximum Gasteiger partial charge on any atom is 0.245 e. The molecule has 5 N–H and O–H groups in total. The van der Waals surface area contributed by atoms with Crippen LogP contribution in [0.15, 0.2) is 12.1 Å². The van der Waals surface area contributed by atoms with Gasteiger partial charge in [0, 0.05) is 16.7 Å². The third-order valence-corrected chi connectivity index (χ3v) is 5.06. The Kier molecular flexibility index (Phi) is 8.66. The number of thiophene rings is 1. The lowest BCUT2D eigenvalue weighted by Crippen LogP contribution is -2.36. The minimum Gasteiger partial charge on any atom is -0.351 e. The molecule has 2 aromatic heterocycles. The van der Waals surface area contributed by atoms with Crippen LogP contribution >= 0.6 is 35.1 Å². The molecular formula is C15H20ClN5O3S2. The molecule has 0 aliphatic carbocycles. The molecule has 0 unspecified atom stereocenters. The Hall–Kier alpha value is -2.01. The first-order valence-electron chi connectivity index (χ1n) is 7.46. The summed E-state index contributed by atoms with van der Waals surface area (Å²) >= 11 is 2.90. The first kappa shape index (κ1) is 22.0. The molecule has 0 aliphatic rings. The number of thiazole rings is 1. The lowest BCUT2D eigenvalue weighted by molar-refractivity contribution is -0.123. The summed E-state index contributed by atoms with van der Waals surface area (Å²) in [5.41, 5.74) is 5.96. The van der Waals surface area contributed by atoms with Crippen molar-refractivity contribution in [1.82, 2.24) is 15.6 Å². The van der Waals surface area contributed by atoms with Gasteiger partial charge < -0.3 is 21.7 Å². The van der Waals surface area contributed by atoms with Crippen molar-refractivity contribution in [3.63, 3.8) is 0 Å². The minimum atomic E-state index is -0.392. The van der Waals surface area contributed by atoms with Crippen LogP contribution in [-0.4, -0.2) is 35.8 Å². The summed E-state index contributed by atoms with van der Waals surface area (Å²) in [4.78, 5) is 41.2. The Morgan fingerprint density at radius 1 is 1.15 bits per heavy atom. The van der Waals surface area contributed by atoms with Crippen LogP contribution in [0, 0.1) is 6.92 Å². The van der Waals surface area contributed by atoms with E-state index in [4.69, 9.17) is 5.73 Å². The largest absolute Gasteiger partial charge is 0.351 e. The van der Waals surface area contributed by atoms with Crippen molar-refractivity contribution in [3.8, 4) is 10.6 Å². The van der Waals surface area contributed by atoms with E-state index in [0.717, 1.165) is 20.3 Å². The predicted octanol–water partition coefficient (Wildman–Crippen LogP) is 1.25. The standard InChI is InChI=1S/C15H19N5O3S2.ClH/c1-8-14(11-4-3-10(25-11)6-17-9(2)21)20-15(24-8)19-13(23)7-18-12(22)5-16;/h3-4H,5-7,16H2,1-2H3,(H,17,21)(H,18,22)(H,19,20,23);1H. The number of hydrogen-bond donors (Lipinski definition) is 4. The normalized spacial score (nSPS) is 9.96. The highest BCUT2D eigenvalue weighted by molar-refractivity contribution is 7.18. The second-order valence-electron chi connectivity index (χ2n) is 5.13. The predicted molar refractivity (Wildman–Crippen MR) is 106 cm³/mol. The van der Waals surface area contributed by atoms with Gasteiger partial charge in [0.05, 0.1) is 30.2 Å². The van der Waals surface area contributed by atoms with Crippen LogP contribution in [0.3, 0.4) is 0 Å². The number of nitrogens with one attached hydrogen (secondary N) is 3. The summed E-state index contributed by atoms with van der Waals surface area (Å²) < 4.78 is 0. The number of nitrogens with two attached hydrogens (primary N) is 1. The Balaban J connectivity index is 0.00000338. The highest BCUT2D eigenvalue weighted by atomic mass is 35.5. The molecule has 0 saturated heterocycles. The van der Waals surface area contributed by atoms with Gasteiger partial charge in [-0.2, -0.15) is 0 Å². The van der Waals surface area contributed by atoms with Gasteiger partial charge in [0.2, 0.25) is 17.7 Å². The lowest BCUT2D eigenvalue weighted by atomic mass is 10.3. The average Bonchev–Trinajstić information content (AvgIpc) is 3.17. The number of carbonyl (C=O) groups is 3. The molecule has 2 aromatic rings. The van der Waals surface area contributed by atoms with Crippen LogP contribution in [-0.2, 0) is 20.9 Å². The van der Waals surface area contributed by atoms with E-state index >= 15 is 0 Å². The van der Waals surface area contributed by atoms with Crippen molar-refractivity contribution in [2.75, 3.05) is 18.4 Å². The van der Waals surface area contributed by atoms with Crippen LogP contribution in [0.2, 0.25) is 0 Å². The van der Waals surface area contributed by atoms with Gasteiger partial charge in [0.25, 0.3) is 0 Å². The van der Waals surface area contributed by atoms with Crippen LogP contribution in [0.4, 0.5) is 5.13 Å². The maximum atomic E-state index is 11.8. The fourth-order valence-corrected chi connectivity index (χ4v) is 3.81. The summed E-state index contributed by atoms with van der Waals surface area (Å²) in [6.07, 6.45) is 0. The second kappa shape index (κ2) is 10.2. The molecule has 0 atom stereocenters. The number of aryl methyl sites for hydroxylation is 1. The molecule has 0 saturated carbocycles. The summed E-state index contributed by atoms with van der Waals surface area (Å²) in [5.74, 6) is -0.831. The highest BCUT2D eigenvalue weighted by Crippen LogP contribution is 2.34. The van der Waals surface area contributed by atoms with Crippen molar-refractivity contribution >= 4 is 57.9 Å². The second-order valence-corrected chi connectivity index (χ2v) is 7.50. The third-order valence-electron chi connectivity index (χ3n) is 3.08. The molecule has 0 spiro atoms. The smallest absolute Gasteiger partial charge is 0.245 e. The van der Waals surface area contributed by atoms with Crippen LogP contribution in [0.25, 0.3) is 10.6 Å². The molecule has 2 rings (SSSR count). The molecule has 3 amide bonds. The Labute approximate surface area is 165 Å². The summed E-state index contributed by atoms with van der Waals surface area (Å²) in [5, 5.41) is 8.28. The van der Waals surface area contributed by atoms with Crippen molar-refractivity contribution in [3.05, 3.63) is 21.9 Å². The maximum absolute atomic E-state index is 11.8. The van der Waals surface area contributed by atoms with E-state index in [0.29, 0.717) is 11.7 Å². The van der Waals surface area contributed by atoms with Crippen LogP contribution < -0.4 is 21.7 Å². The number of hydrogen-bond acceptors (Lipinski definition) is 7. The molecule has 26 heavy (non-hydrogen) atoms. The monoisotopic (exact) mass is 417 g/mol. The van der Waals surface area contributed by atoms with Gasteiger partial charge in [-0.3, -0.25) is 14.4 Å². The summed E-state index contributed by atoms with van der Waals surface area (Å²) in [6.45, 7) is 3.57. The van der Waals surface area contributed by atoms with Gasteiger partial charge in [0.15, 0.2) is 5.13 Å². The third kappa shape index (κ3) is 6.37. The van der Waals surface area contributed by atoms with E-state index < -0.39 is 5.91 Å². The van der Waals surface area contributed by atoms with Crippen molar-refractivity contribution < 1.29 is 14.4 Å². The molecule has 0 aromatic carbocycles. The number of halogens is 1. The molecule has 0 bridgehead atoms. The van der Waals surface area contributed by atoms with Gasteiger partial charge in [0.1, 0.15) is 0 Å². The van der Waals surface area contributed by atoms with Gasteiger partial charge in [-0.1, -0.05) is 0 Å². The van der Waals surface area contributed by atoms with Gasteiger partial charge in [-0.05, 0) is 19.1 Å². The minimum absolute atomic E-state index is 0. The molecule has 2 heterocycles. The zero-order chi connectivity index (χ0) is 18.4. The first-order valence-corrected chi connectivity index (χ1v) is 9.10. The Morgan fingerprint density at radius 3 is 2.54 bits per heavy atom. The van der Waals surface area contributed by atoms with E-state index in [9.17, 15) is 14.4 Å². The Morgan fingerprint density at radius 2 is 1.88 bits per heavy atom. The number of rotatable bonds is 7. The zero-order valence-corrected chi connectivity index (χ0v) is 16.7. The fraction of sp³-hybridized carbons (Fsp3) is 0.333. The van der Waals surface area contributed by atoms with Gasteiger partial charge >= 0.3 is 0 Å². The van der Waals surface area contributed by atoms with Gasteiger partial charge in [-0.15, -0.1) is 35.1 Å². The van der Waals surface area contributed by atoms with E-state index in [-0.39, 0.29) is 37.3 Å². The number of nitrogens with zero attached hydrogens (tertiary/aromatic N) is 1. The van der Waals surface area contributed by atoms with Crippen molar-refractivity contribution in [2.24, 2.45) is 5.73 Å². The lowest BCUT2D eigenvalue weighted by Gasteiger charge is -2.02. The number of amides is 3. The quantitative estimate of drug-likeness (QED) is 0.539. The molecule has 8 nitrogen and oxygen atoms in total. The molecule has 0 radical (unpaired) electrons. The average molecular weight is 418 g/mol. The summed E-state index contributed by atoms with van der Waals surface area (Å²) in [6, 6.07) is 3.88. The first-order chi connectivity index (χ1) is 11.9. The van der Waals surface area contributed by atoms with E-state index in [1.165, 1.54) is 29.6 Å². The SMILES string of the molecule is CC(=O)NCc1ccc(-c2nc(NC(=O)CNC(=O)CN)sc2C)s1.Cl. The topological polar surface area (TPSA) is 126 Å². The summed E-state index contributed by atoms with van der Waals surface area (Å²) in [7, 11) is 0. The highest BCUT2D eigenvalue weighted by Gasteiger charge is 2.14. The number of carbonyl (C=O) groups excluding carboxylic acids is 3. The van der Waals surface area contributed by atoms with E-state index in [1.807, 2.05) is 19.1 Å². The van der Waals surface area contributed by atoms with E-state index in [2.05, 4.69) is 20.9 Å². The fourth-order valence-electron chi connectivity index (χ4n) is 1.90. The van der Waals surface area contributed by atoms with Crippen LogP contribution in [0.1, 0.15) is 16.7 Å². The van der Waals surface area contributed by atoms with Crippen molar-refractivity contribution in [1.29, 1.82) is 0 Å². The molecule has 0 fully saturated rings. The Bertz CT molecular complexity index is 790. The van der Waals surface area contributed by atoms with Gasteiger partial charge in [-0.25, -0.2) is 4.98 Å². The molecule has 142 valence electrons.